The fourth-order valence-electron chi connectivity index (χ4n) is 2.41. The Morgan fingerprint density at radius 3 is 3.00 bits per heavy atom. The predicted octanol–water partition coefficient (Wildman–Crippen LogP) is 2.27. The normalized spacial score (nSPS) is 21.6. The standard InChI is InChI=1S/C13H19ClN2O/c14-13-5-4-11(15)7-10(13)8-16-6-2-1-3-12(16)9-17/h4-5,7,12,17H,1-3,6,8-9,15H2. The first-order valence-corrected chi connectivity index (χ1v) is 6.47. The molecule has 0 radical (unpaired) electrons. The Labute approximate surface area is 107 Å². The average Bonchev–Trinajstić information content (AvgIpc) is 2.34. The predicted molar refractivity (Wildman–Crippen MR) is 71.0 cm³/mol. The Bertz CT molecular complexity index is 384. The molecule has 0 aromatic heterocycles. The topological polar surface area (TPSA) is 49.5 Å². The van der Waals surface area contributed by atoms with E-state index in [0.717, 1.165) is 35.8 Å². The van der Waals surface area contributed by atoms with Gasteiger partial charge in [0, 0.05) is 23.3 Å². The van der Waals surface area contributed by atoms with Crippen LogP contribution in [0.5, 0.6) is 0 Å². The molecule has 0 amide bonds. The molecule has 2 rings (SSSR count). The highest BCUT2D eigenvalue weighted by Crippen LogP contribution is 2.24. The van der Waals surface area contributed by atoms with Crippen LogP contribution >= 0.6 is 11.6 Å². The van der Waals surface area contributed by atoms with E-state index in [-0.39, 0.29) is 12.6 Å². The number of nitrogens with zero attached hydrogens (tertiary/aromatic N) is 1. The van der Waals surface area contributed by atoms with Gasteiger partial charge in [-0.15, -0.1) is 0 Å². The lowest BCUT2D eigenvalue weighted by molar-refractivity contribution is 0.0841. The molecule has 1 unspecified atom stereocenters. The summed E-state index contributed by atoms with van der Waals surface area (Å²) in [5.41, 5.74) is 7.56. The van der Waals surface area contributed by atoms with E-state index in [1.165, 1.54) is 12.8 Å². The van der Waals surface area contributed by atoms with Gasteiger partial charge < -0.3 is 10.8 Å². The van der Waals surface area contributed by atoms with Crippen LogP contribution in [0.25, 0.3) is 0 Å². The monoisotopic (exact) mass is 254 g/mol. The number of piperidine rings is 1. The molecule has 17 heavy (non-hydrogen) atoms. The quantitative estimate of drug-likeness (QED) is 0.814. The second-order valence-corrected chi connectivity index (χ2v) is 5.06. The number of aliphatic hydroxyl groups excluding tert-OH is 1. The first-order chi connectivity index (χ1) is 8.20. The van der Waals surface area contributed by atoms with Crippen LogP contribution in [0, 0.1) is 0 Å². The van der Waals surface area contributed by atoms with Gasteiger partial charge in [0.1, 0.15) is 0 Å². The van der Waals surface area contributed by atoms with Crippen molar-refractivity contribution in [2.75, 3.05) is 18.9 Å². The molecule has 0 spiro atoms. The molecule has 1 fully saturated rings. The number of hydrogen-bond acceptors (Lipinski definition) is 3. The number of nitrogens with two attached hydrogens (primary N) is 1. The molecule has 1 saturated heterocycles. The van der Waals surface area contributed by atoms with Gasteiger partial charge in [0.25, 0.3) is 0 Å². The molecule has 1 heterocycles. The lowest BCUT2D eigenvalue weighted by Crippen LogP contribution is -2.41. The molecule has 0 bridgehead atoms. The van der Waals surface area contributed by atoms with Gasteiger partial charge in [-0.2, -0.15) is 0 Å². The van der Waals surface area contributed by atoms with Gasteiger partial charge in [-0.1, -0.05) is 18.0 Å². The second kappa shape index (κ2) is 5.71. The summed E-state index contributed by atoms with van der Waals surface area (Å²) >= 11 is 6.16. The van der Waals surface area contributed by atoms with Crippen molar-refractivity contribution in [2.24, 2.45) is 0 Å². The van der Waals surface area contributed by atoms with Gasteiger partial charge in [-0.05, 0) is 43.1 Å². The van der Waals surface area contributed by atoms with Crippen LogP contribution in [0.1, 0.15) is 24.8 Å². The summed E-state index contributed by atoms with van der Waals surface area (Å²) in [6, 6.07) is 5.84. The van der Waals surface area contributed by atoms with Crippen LogP contribution in [0.4, 0.5) is 5.69 Å². The number of benzene rings is 1. The highest BCUT2D eigenvalue weighted by Gasteiger charge is 2.22. The third-order valence-corrected chi connectivity index (χ3v) is 3.77. The summed E-state index contributed by atoms with van der Waals surface area (Å²) < 4.78 is 0. The van der Waals surface area contributed by atoms with Crippen molar-refractivity contribution in [1.29, 1.82) is 0 Å². The molecule has 3 nitrogen and oxygen atoms in total. The lowest BCUT2D eigenvalue weighted by atomic mass is 10.0. The fraction of sp³-hybridized carbons (Fsp3) is 0.538. The molecule has 1 aromatic carbocycles. The summed E-state index contributed by atoms with van der Waals surface area (Å²) in [4.78, 5) is 2.30. The molecule has 0 aliphatic carbocycles. The maximum absolute atomic E-state index is 9.36. The Morgan fingerprint density at radius 1 is 1.41 bits per heavy atom. The minimum Gasteiger partial charge on any atom is -0.399 e. The van der Waals surface area contributed by atoms with E-state index < -0.39 is 0 Å². The maximum Gasteiger partial charge on any atom is 0.0586 e. The highest BCUT2D eigenvalue weighted by molar-refractivity contribution is 6.31. The first kappa shape index (κ1) is 12.7. The van der Waals surface area contributed by atoms with Crippen molar-refractivity contribution in [3.8, 4) is 0 Å². The summed E-state index contributed by atoms with van der Waals surface area (Å²) in [6.07, 6.45) is 3.46. The second-order valence-electron chi connectivity index (χ2n) is 4.65. The third-order valence-electron chi connectivity index (χ3n) is 3.40. The van der Waals surface area contributed by atoms with Gasteiger partial charge in [-0.3, -0.25) is 4.90 Å². The number of anilines is 1. The van der Waals surface area contributed by atoms with Gasteiger partial charge in [0.05, 0.1) is 6.61 Å². The Kier molecular flexibility index (Phi) is 4.26. The molecule has 1 atom stereocenters. The van der Waals surface area contributed by atoms with Crippen molar-refractivity contribution in [1.82, 2.24) is 4.90 Å². The van der Waals surface area contributed by atoms with Gasteiger partial charge in [0.15, 0.2) is 0 Å². The molecule has 1 aliphatic rings. The van der Waals surface area contributed by atoms with Crippen LogP contribution in [-0.4, -0.2) is 29.2 Å². The first-order valence-electron chi connectivity index (χ1n) is 6.09. The molecule has 0 saturated carbocycles. The number of aliphatic hydroxyl groups is 1. The van der Waals surface area contributed by atoms with E-state index in [4.69, 9.17) is 17.3 Å². The Hall–Kier alpha value is -0.770. The maximum atomic E-state index is 9.36. The Morgan fingerprint density at radius 2 is 2.24 bits per heavy atom. The molecule has 3 N–H and O–H groups in total. The number of likely N-dealkylation sites (tertiary alicyclic amines) is 1. The molecule has 94 valence electrons. The minimum absolute atomic E-state index is 0.222. The largest absolute Gasteiger partial charge is 0.399 e. The number of halogens is 1. The Balaban J connectivity index is 2.10. The molecule has 4 heteroatoms. The van der Waals surface area contributed by atoms with Crippen molar-refractivity contribution >= 4 is 17.3 Å². The number of hydrogen-bond donors (Lipinski definition) is 2. The number of nitrogen functional groups attached to an aromatic ring is 1. The van der Waals surface area contributed by atoms with E-state index >= 15 is 0 Å². The summed E-state index contributed by atoms with van der Waals surface area (Å²) in [5, 5.41) is 10.1. The number of rotatable bonds is 3. The minimum atomic E-state index is 0.222. The van der Waals surface area contributed by atoms with Crippen molar-refractivity contribution in [2.45, 2.75) is 31.8 Å². The van der Waals surface area contributed by atoms with E-state index in [1.807, 2.05) is 18.2 Å². The van der Waals surface area contributed by atoms with Crippen LogP contribution in [0.2, 0.25) is 5.02 Å². The van der Waals surface area contributed by atoms with E-state index in [0.29, 0.717) is 0 Å². The van der Waals surface area contributed by atoms with Gasteiger partial charge in [-0.25, -0.2) is 0 Å². The summed E-state index contributed by atoms with van der Waals surface area (Å²) in [5.74, 6) is 0. The average molecular weight is 255 g/mol. The third kappa shape index (κ3) is 3.12. The molecular formula is C13H19ClN2O. The highest BCUT2D eigenvalue weighted by atomic mass is 35.5. The van der Waals surface area contributed by atoms with Crippen LogP contribution < -0.4 is 5.73 Å². The van der Waals surface area contributed by atoms with Crippen LogP contribution in [0.3, 0.4) is 0 Å². The van der Waals surface area contributed by atoms with Crippen LogP contribution in [0.15, 0.2) is 18.2 Å². The van der Waals surface area contributed by atoms with E-state index in [2.05, 4.69) is 4.90 Å². The molecule has 1 aromatic rings. The molecule has 1 aliphatic heterocycles. The zero-order valence-electron chi connectivity index (χ0n) is 9.90. The fourth-order valence-corrected chi connectivity index (χ4v) is 2.59. The zero-order valence-corrected chi connectivity index (χ0v) is 10.7. The van der Waals surface area contributed by atoms with Gasteiger partial charge in [0.2, 0.25) is 0 Å². The van der Waals surface area contributed by atoms with E-state index in [9.17, 15) is 5.11 Å². The van der Waals surface area contributed by atoms with Gasteiger partial charge >= 0.3 is 0 Å². The summed E-state index contributed by atoms with van der Waals surface area (Å²) in [7, 11) is 0. The van der Waals surface area contributed by atoms with E-state index in [1.54, 1.807) is 0 Å². The summed E-state index contributed by atoms with van der Waals surface area (Å²) in [6.45, 7) is 2.02. The smallest absolute Gasteiger partial charge is 0.0586 e. The van der Waals surface area contributed by atoms with Crippen LogP contribution in [-0.2, 0) is 6.54 Å². The SMILES string of the molecule is Nc1ccc(Cl)c(CN2CCCCC2CO)c1. The zero-order chi connectivity index (χ0) is 12.3. The lowest BCUT2D eigenvalue weighted by Gasteiger charge is -2.34. The van der Waals surface area contributed by atoms with Crippen molar-refractivity contribution in [3.63, 3.8) is 0 Å². The van der Waals surface area contributed by atoms with Crippen molar-refractivity contribution in [3.05, 3.63) is 28.8 Å². The molecular weight excluding hydrogens is 236 g/mol. The van der Waals surface area contributed by atoms with Crippen molar-refractivity contribution < 1.29 is 5.11 Å².